The third kappa shape index (κ3) is 1.50. The van der Waals surface area contributed by atoms with Crippen LogP contribution in [0.3, 0.4) is 0 Å². The molecule has 0 aliphatic carbocycles. The first-order valence-electron chi connectivity index (χ1n) is 3.44. The highest BCUT2D eigenvalue weighted by Crippen LogP contribution is 2.22. The molecule has 1 rings (SSSR count). The molecule has 0 aromatic rings. The Balaban J connectivity index is 2.60. The van der Waals surface area contributed by atoms with Gasteiger partial charge in [0.05, 0.1) is 12.7 Å². The van der Waals surface area contributed by atoms with Crippen molar-refractivity contribution in [3.8, 4) is 11.8 Å². The van der Waals surface area contributed by atoms with Crippen LogP contribution < -0.4 is 0 Å². The molecule has 56 valence electrons. The number of hydrogen-bond donors (Lipinski definition) is 1. The van der Waals surface area contributed by atoms with Gasteiger partial charge in [-0.25, -0.2) is 0 Å². The van der Waals surface area contributed by atoms with Crippen molar-refractivity contribution in [1.82, 2.24) is 0 Å². The number of rotatable bonds is 0. The molecule has 1 aliphatic rings. The van der Waals surface area contributed by atoms with Crippen molar-refractivity contribution in [2.75, 3.05) is 6.61 Å². The smallest absolute Gasteiger partial charge is 0.151 e. The van der Waals surface area contributed by atoms with Crippen molar-refractivity contribution >= 4 is 0 Å². The number of aliphatic hydroxyl groups is 1. The van der Waals surface area contributed by atoms with Gasteiger partial charge in [-0.2, -0.15) is 0 Å². The molecule has 0 aromatic carbocycles. The first kappa shape index (κ1) is 7.59. The van der Waals surface area contributed by atoms with Crippen LogP contribution in [0, 0.1) is 11.8 Å². The van der Waals surface area contributed by atoms with Gasteiger partial charge in [0.1, 0.15) is 0 Å². The second-order valence-electron chi connectivity index (χ2n) is 2.73. The summed E-state index contributed by atoms with van der Waals surface area (Å²) >= 11 is 0. The van der Waals surface area contributed by atoms with E-state index in [4.69, 9.17) is 4.74 Å². The maximum atomic E-state index is 9.56. The van der Waals surface area contributed by atoms with E-state index in [0.717, 1.165) is 0 Å². The molecule has 0 aromatic heterocycles. The lowest BCUT2D eigenvalue weighted by molar-refractivity contribution is 0.0648. The Hall–Kier alpha value is -0.520. The van der Waals surface area contributed by atoms with Gasteiger partial charge in [-0.15, -0.1) is 5.92 Å². The van der Waals surface area contributed by atoms with Crippen molar-refractivity contribution in [3.05, 3.63) is 0 Å². The molecule has 0 amide bonds. The standard InChI is InChI=1S/C8H12O2/c1-3-4-8(9)5-7(2)10-6-8/h7,9H,5-6H2,1-2H3. The van der Waals surface area contributed by atoms with Crippen LogP contribution in [-0.2, 0) is 4.74 Å². The molecule has 2 nitrogen and oxygen atoms in total. The van der Waals surface area contributed by atoms with Crippen molar-refractivity contribution in [2.24, 2.45) is 0 Å². The quantitative estimate of drug-likeness (QED) is 0.498. The Kier molecular flexibility index (Phi) is 1.98. The molecule has 1 aliphatic heterocycles. The Morgan fingerprint density at radius 1 is 1.70 bits per heavy atom. The van der Waals surface area contributed by atoms with E-state index in [-0.39, 0.29) is 6.10 Å². The highest BCUT2D eigenvalue weighted by atomic mass is 16.5. The van der Waals surface area contributed by atoms with E-state index in [9.17, 15) is 5.11 Å². The van der Waals surface area contributed by atoms with Gasteiger partial charge in [-0.1, -0.05) is 5.92 Å². The second kappa shape index (κ2) is 2.61. The van der Waals surface area contributed by atoms with Gasteiger partial charge >= 0.3 is 0 Å². The maximum Gasteiger partial charge on any atom is 0.151 e. The van der Waals surface area contributed by atoms with E-state index < -0.39 is 5.60 Å². The molecular formula is C8H12O2. The summed E-state index contributed by atoms with van der Waals surface area (Å²) in [4.78, 5) is 0. The van der Waals surface area contributed by atoms with Crippen molar-refractivity contribution < 1.29 is 9.84 Å². The number of ether oxygens (including phenoxy) is 1. The van der Waals surface area contributed by atoms with Gasteiger partial charge in [0.25, 0.3) is 0 Å². The summed E-state index contributed by atoms with van der Waals surface area (Å²) in [5.41, 5.74) is -0.867. The molecule has 1 fully saturated rings. The predicted molar refractivity (Wildman–Crippen MR) is 38.4 cm³/mol. The molecule has 2 unspecified atom stereocenters. The molecule has 10 heavy (non-hydrogen) atoms. The van der Waals surface area contributed by atoms with Crippen molar-refractivity contribution in [1.29, 1.82) is 0 Å². The van der Waals surface area contributed by atoms with Crippen LogP contribution in [0.25, 0.3) is 0 Å². The van der Waals surface area contributed by atoms with Gasteiger partial charge in [-0.3, -0.25) is 0 Å². The van der Waals surface area contributed by atoms with E-state index >= 15 is 0 Å². The summed E-state index contributed by atoms with van der Waals surface area (Å²) in [5.74, 6) is 5.42. The molecule has 2 atom stereocenters. The van der Waals surface area contributed by atoms with Gasteiger partial charge < -0.3 is 9.84 Å². The minimum atomic E-state index is -0.867. The topological polar surface area (TPSA) is 29.5 Å². The Labute approximate surface area is 61.2 Å². The molecule has 1 saturated heterocycles. The maximum absolute atomic E-state index is 9.56. The first-order valence-corrected chi connectivity index (χ1v) is 3.44. The van der Waals surface area contributed by atoms with Gasteiger partial charge in [0.2, 0.25) is 0 Å². The molecule has 0 spiro atoms. The molecular weight excluding hydrogens is 128 g/mol. The molecule has 0 saturated carbocycles. The lowest BCUT2D eigenvalue weighted by Gasteiger charge is -2.10. The Bertz CT molecular complexity index is 177. The second-order valence-corrected chi connectivity index (χ2v) is 2.73. The summed E-state index contributed by atoms with van der Waals surface area (Å²) in [6, 6.07) is 0. The van der Waals surface area contributed by atoms with Crippen LogP contribution >= 0.6 is 0 Å². The van der Waals surface area contributed by atoms with Crippen LogP contribution in [0.5, 0.6) is 0 Å². The lowest BCUT2D eigenvalue weighted by atomic mass is 10.0. The van der Waals surface area contributed by atoms with Crippen LogP contribution in [0.1, 0.15) is 20.3 Å². The van der Waals surface area contributed by atoms with Gasteiger partial charge in [-0.05, 0) is 13.8 Å². The van der Waals surface area contributed by atoms with E-state index in [1.807, 2.05) is 6.92 Å². The average Bonchev–Trinajstić information content (AvgIpc) is 2.12. The third-order valence-corrected chi connectivity index (χ3v) is 1.59. The zero-order chi connectivity index (χ0) is 7.61. The average molecular weight is 140 g/mol. The van der Waals surface area contributed by atoms with Crippen LogP contribution in [-0.4, -0.2) is 23.4 Å². The minimum absolute atomic E-state index is 0.144. The summed E-state index contributed by atoms with van der Waals surface area (Å²) in [7, 11) is 0. The van der Waals surface area contributed by atoms with Crippen LogP contribution in [0.4, 0.5) is 0 Å². The minimum Gasteiger partial charge on any atom is -0.375 e. The first-order chi connectivity index (χ1) is 4.66. The molecule has 0 bridgehead atoms. The fourth-order valence-corrected chi connectivity index (χ4v) is 1.19. The molecule has 0 radical (unpaired) electrons. The highest BCUT2D eigenvalue weighted by molar-refractivity contribution is 5.14. The summed E-state index contributed by atoms with van der Waals surface area (Å²) in [6.45, 7) is 4.02. The van der Waals surface area contributed by atoms with E-state index in [1.165, 1.54) is 0 Å². The van der Waals surface area contributed by atoms with Crippen molar-refractivity contribution in [2.45, 2.75) is 32.0 Å². The van der Waals surface area contributed by atoms with E-state index in [1.54, 1.807) is 6.92 Å². The Morgan fingerprint density at radius 3 is 2.80 bits per heavy atom. The molecule has 1 N–H and O–H groups in total. The fraction of sp³-hybridized carbons (Fsp3) is 0.750. The van der Waals surface area contributed by atoms with Crippen LogP contribution in [0.15, 0.2) is 0 Å². The van der Waals surface area contributed by atoms with Crippen LogP contribution in [0.2, 0.25) is 0 Å². The molecule has 1 heterocycles. The summed E-state index contributed by atoms with van der Waals surface area (Å²) < 4.78 is 5.17. The monoisotopic (exact) mass is 140 g/mol. The normalized spacial score (nSPS) is 38.9. The predicted octanol–water partition coefficient (Wildman–Crippen LogP) is 0.550. The zero-order valence-corrected chi connectivity index (χ0v) is 6.35. The van der Waals surface area contributed by atoms with Gasteiger partial charge in [0.15, 0.2) is 5.60 Å². The van der Waals surface area contributed by atoms with Gasteiger partial charge in [0, 0.05) is 6.42 Å². The Morgan fingerprint density at radius 2 is 2.40 bits per heavy atom. The zero-order valence-electron chi connectivity index (χ0n) is 6.35. The fourth-order valence-electron chi connectivity index (χ4n) is 1.19. The SMILES string of the molecule is CC#CC1(O)COC(C)C1. The third-order valence-electron chi connectivity index (χ3n) is 1.59. The number of hydrogen-bond acceptors (Lipinski definition) is 2. The highest BCUT2D eigenvalue weighted by Gasteiger charge is 2.34. The lowest BCUT2D eigenvalue weighted by Crippen LogP contribution is -2.26. The summed E-state index contributed by atoms with van der Waals surface area (Å²) in [6.07, 6.45) is 0.777. The largest absolute Gasteiger partial charge is 0.375 e. The van der Waals surface area contributed by atoms with E-state index in [2.05, 4.69) is 11.8 Å². The van der Waals surface area contributed by atoms with Crippen molar-refractivity contribution in [3.63, 3.8) is 0 Å². The van der Waals surface area contributed by atoms with E-state index in [0.29, 0.717) is 13.0 Å². The summed E-state index contributed by atoms with van der Waals surface area (Å²) in [5, 5.41) is 9.56. The molecule has 2 heteroatoms.